The van der Waals surface area contributed by atoms with Crippen LogP contribution in [0.15, 0.2) is 29.2 Å². The molecule has 5 rings (SSSR count). The number of amides is 5. The molecule has 2 aromatic rings. The number of carbonyl (C=O) groups excluding carboxylic acids is 4. The molecule has 3 heterocycles. The number of rotatable bonds is 6. The minimum atomic E-state index is -3.76. The van der Waals surface area contributed by atoms with Crippen molar-refractivity contribution in [1.82, 2.24) is 19.8 Å². The predicted molar refractivity (Wildman–Crippen MR) is 165 cm³/mol. The van der Waals surface area contributed by atoms with Gasteiger partial charge in [0.15, 0.2) is 0 Å². The van der Waals surface area contributed by atoms with E-state index in [4.69, 9.17) is 4.74 Å². The zero-order valence-electron chi connectivity index (χ0n) is 25.6. The molecule has 2 fully saturated rings. The van der Waals surface area contributed by atoms with E-state index in [2.05, 4.69) is 36.7 Å². The molecule has 0 radical (unpaired) electrons. The molecule has 12 nitrogen and oxygen atoms in total. The van der Waals surface area contributed by atoms with Crippen molar-refractivity contribution >= 4 is 50.3 Å². The molecule has 238 valence electrons. The third-order valence-corrected chi connectivity index (χ3v) is 11.6. The summed E-state index contributed by atoms with van der Waals surface area (Å²) in [5.41, 5.74) is 1.00. The van der Waals surface area contributed by atoms with Gasteiger partial charge >= 0.3 is 12.1 Å². The maximum atomic E-state index is 13.7. The van der Waals surface area contributed by atoms with Gasteiger partial charge in [0.1, 0.15) is 5.00 Å². The lowest BCUT2D eigenvalue weighted by Crippen LogP contribution is -2.39. The van der Waals surface area contributed by atoms with E-state index in [9.17, 15) is 27.6 Å². The molecule has 3 N–H and O–H groups in total. The molecule has 1 aromatic carbocycles. The van der Waals surface area contributed by atoms with Crippen LogP contribution in [0.1, 0.15) is 78.1 Å². The minimum absolute atomic E-state index is 0.0549. The lowest BCUT2D eigenvalue weighted by molar-refractivity contribution is 0.0963. The van der Waals surface area contributed by atoms with Gasteiger partial charge in [0.05, 0.1) is 23.6 Å². The SMILES string of the molecule is CCOC(=O)N1CCc2c(sc(NC(=O)c3ccc(S(=O)(=O)N4CC5(C)CC4CC(C)(C)C5)cc3)c2C(=O)NC(=O)NC)C1. The summed E-state index contributed by atoms with van der Waals surface area (Å²) in [5.74, 6) is -1.23. The first-order valence-corrected chi connectivity index (χ1v) is 16.9. The number of hydrogen-bond donors (Lipinski definition) is 3. The Morgan fingerprint density at radius 2 is 1.77 bits per heavy atom. The second-order valence-electron chi connectivity index (χ2n) is 12.9. The summed E-state index contributed by atoms with van der Waals surface area (Å²) in [6.45, 7) is 9.45. The van der Waals surface area contributed by atoms with Crippen LogP contribution >= 0.6 is 11.3 Å². The number of hydrogen-bond acceptors (Lipinski definition) is 8. The number of nitrogens with zero attached hydrogens (tertiary/aromatic N) is 2. The van der Waals surface area contributed by atoms with Gasteiger partial charge in [-0.1, -0.05) is 20.8 Å². The molecular formula is C30H39N5O7S2. The monoisotopic (exact) mass is 645 g/mol. The van der Waals surface area contributed by atoms with Gasteiger partial charge in [-0.25, -0.2) is 18.0 Å². The van der Waals surface area contributed by atoms with E-state index < -0.39 is 34.0 Å². The van der Waals surface area contributed by atoms with E-state index in [1.807, 2.05) is 0 Å². The predicted octanol–water partition coefficient (Wildman–Crippen LogP) is 4.17. The number of ether oxygens (including phenoxy) is 1. The fraction of sp³-hybridized carbons (Fsp3) is 0.533. The normalized spacial score (nSPS) is 22.6. The molecular weight excluding hydrogens is 606 g/mol. The average Bonchev–Trinajstić information content (AvgIpc) is 3.45. The summed E-state index contributed by atoms with van der Waals surface area (Å²) in [5, 5.41) is 7.59. The summed E-state index contributed by atoms with van der Waals surface area (Å²) in [7, 11) is -2.38. The van der Waals surface area contributed by atoms with Crippen molar-refractivity contribution in [2.45, 2.75) is 70.9 Å². The molecule has 44 heavy (non-hydrogen) atoms. The zero-order chi connectivity index (χ0) is 32.0. The number of anilines is 1. The fourth-order valence-corrected chi connectivity index (χ4v) is 10.1. The highest BCUT2D eigenvalue weighted by atomic mass is 32.2. The van der Waals surface area contributed by atoms with Crippen LogP contribution in [0.25, 0.3) is 0 Å². The van der Waals surface area contributed by atoms with Crippen molar-refractivity contribution in [1.29, 1.82) is 0 Å². The van der Waals surface area contributed by atoms with Crippen LogP contribution in [0.5, 0.6) is 0 Å². The van der Waals surface area contributed by atoms with Crippen LogP contribution in [-0.4, -0.2) is 74.3 Å². The quantitative estimate of drug-likeness (QED) is 0.426. The van der Waals surface area contributed by atoms with Gasteiger partial charge in [-0.15, -0.1) is 11.3 Å². The van der Waals surface area contributed by atoms with Crippen LogP contribution in [0.3, 0.4) is 0 Å². The first kappa shape index (κ1) is 31.9. The first-order chi connectivity index (χ1) is 20.7. The number of sulfonamides is 1. The van der Waals surface area contributed by atoms with Crippen molar-refractivity contribution < 1.29 is 32.3 Å². The van der Waals surface area contributed by atoms with E-state index in [0.717, 1.165) is 30.6 Å². The maximum Gasteiger partial charge on any atom is 0.410 e. The van der Waals surface area contributed by atoms with E-state index in [0.29, 0.717) is 30.0 Å². The van der Waals surface area contributed by atoms with Gasteiger partial charge < -0.3 is 20.3 Å². The average molecular weight is 646 g/mol. The third-order valence-electron chi connectivity index (χ3n) is 8.58. The van der Waals surface area contributed by atoms with Gasteiger partial charge in [0.2, 0.25) is 10.0 Å². The van der Waals surface area contributed by atoms with Gasteiger partial charge in [0.25, 0.3) is 11.8 Å². The maximum absolute atomic E-state index is 13.7. The number of imide groups is 1. The molecule has 5 amide bonds. The molecule has 14 heteroatoms. The summed E-state index contributed by atoms with van der Waals surface area (Å²) >= 11 is 1.14. The van der Waals surface area contributed by atoms with Gasteiger partial charge in [-0.05, 0) is 73.3 Å². The van der Waals surface area contributed by atoms with E-state index in [1.165, 1.54) is 36.2 Å². The Bertz CT molecular complexity index is 1600. The Morgan fingerprint density at radius 3 is 2.43 bits per heavy atom. The Kier molecular flexibility index (Phi) is 8.55. The highest BCUT2D eigenvalue weighted by Gasteiger charge is 2.53. The van der Waals surface area contributed by atoms with Crippen molar-refractivity contribution in [3.05, 3.63) is 45.8 Å². The lowest BCUT2D eigenvalue weighted by Gasteiger charge is -2.39. The molecule has 1 aliphatic carbocycles. The second kappa shape index (κ2) is 11.8. The molecule has 1 saturated carbocycles. The van der Waals surface area contributed by atoms with Crippen LogP contribution in [0.4, 0.5) is 14.6 Å². The zero-order valence-corrected chi connectivity index (χ0v) is 27.2. The van der Waals surface area contributed by atoms with Crippen molar-refractivity contribution in [3.8, 4) is 0 Å². The largest absolute Gasteiger partial charge is 0.450 e. The van der Waals surface area contributed by atoms with Crippen LogP contribution in [-0.2, 0) is 27.7 Å². The Balaban J connectivity index is 1.37. The second-order valence-corrected chi connectivity index (χ2v) is 15.8. The summed E-state index contributed by atoms with van der Waals surface area (Å²) in [4.78, 5) is 53.1. The molecule has 0 spiro atoms. The highest BCUT2D eigenvalue weighted by molar-refractivity contribution is 7.89. The smallest absolute Gasteiger partial charge is 0.410 e. The Labute approximate surface area is 261 Å². The van der Waals surface area contributed by atoms with E-state index in [1.54, 1.807) is 11.2 Å². The number of thiophene rings is 1. The molecule has 2 atom stereocenters. The number of fused-ring (bicyclic) bond motifs is 3. The Morgan fingerprint density at radius 1 is 1.07 bits per heavy atom. The van der Waals surface area contributed by atoms with Crippen LogP contribution in [0, 0.1) is 10.8 Å². The van der Waals surface area contributed by atoms with Gasteiger partial charge in [-0.3, -0.25) is 14.9 Å². The molecule has 2 aliphatic heterocycles. The van der Waals surface area contributed by atoms with Crippen molar-refractivity contribution in [2.75, 3.05) is 32.1 Å². The Hall–Kier alpha value is -3.49. The number of carbonyl (C=O) groups is 4. The fourth-order valence-electron chi connectivity index (χ4n) is 7.11. The van der Waals surface area contributed by atoms with E-state index >= 15 is 0 Å². The summed E-state index contributed by atoms with van der Waals surface area (Å²) < 4.78 is 34.1. The number of benzene rings is 1. The number of nitrogens with one attached hydrogen (secondary N) is 3. The molecule has 1 saturated heterocycles. The summed E-state index contributed by atoms with van der Waals surface area (Å²) in [6, 6.07) is 5.03. The summed E-state index contributed by atoms with van der Waals surface area (Å²) in [6.07, 6.45) is 2.47. The molecule has 2 bridgehead atoms. The lowest BCUT2D eigenvalue weighted by atomic mass is 9.65. The van der Waals surface area contributed by atoms with Gasteiger partial charge in [-0.2, -0.15) is 4.31 Å². The van der Waals surface area contributed by atoms with Crippen LogP contribution < -0.4 is 16.0 Å². The third kappa shape index (κ3) is 6.20. The van der Waals surface area contributed by atoms with E-state index in [-0.39, 0.29) is 51.0 Å². The molecule has 3 aliphatic rings. The standard InChI is InChI=1S/C30H39N5O7S2/c1-6-42-28(39)34-12-11-21-22(15-34)43-26(23(21)25(37)33-27(38)31-5)32-24(36)18-7-9-20(10-8-18)44(40,41)35-17-30(4)14-19(35)13-29(2,3)16-30/h7-10,19H,6,11-17H2,1-5H3,(H,32,36)(H2,31,33,37,38). The van der Waals surface area contributed by atoms with Crippen LogP contribution in [0.2, 0.25) is 0 Å². The topological polar surface area (TPSA) is 154 Å². The highest BCUT2D eigenvalue weighted by Crippen LogP contribution is 2.53. The first-order valence-electron chi connectivity index (χ1n) is 14.7. The molecule has 2 unspecified atom stereocenters. The van der Waals surface area contributed by atoms with Crippen molar-refractivity contribution in [2.24, 2.45) is 10.8 Å². The number of urea groups is 1. The molecule has 1 aromatic heterocycles. The van der Waals surface area contributed by atoms with Crippen molar-refractivity contribution in [3.63, 3.8) is 0 Å². The van der Waals surface area contributed by atoms with Gasteiger partial charge in [0, 0.05) is 36.6 Å². The minimum Gasteiger partial charge on any atom is -0.450 e.